The van der Waals surface area contributed by atoms with Crippen molar-refractivity contribution in [2.24, 2.45) is 0 Å². The van der Waals surface area contributed by atoms with E-state index < -0.39 is 12.6 Å². The highest BCUT2D eigenvalue weighted by atomic mass is 16.5. The van der Waals surface area contributed by atoms with Gasteiger partial charge in [0.2, 0.25) is 0 Å². The molecular weight excluding hydrogens is 446 g/mol. The fourth-order valence-electron chi connectivity index (χ4n) is 4.06. The van der Waals surface area contributed by atoms with E-state index in [1.54, 1.807) is 23.4 Å². The number of benzene rings is 2. The van der Waals surface area contributed by atoms with Gasteiger partial charge in [-0.3, -0.25) is 9.69 Å². The van der Waals surface area contributed by atoms with Gasteiger partial charge in [0.1, 0.15) is 23.6 Å². The standard InChI is InChI=1S/C26H23N5O4/c1-16(2)31-15-27-29-25(31)22-4-3-5-23(28-22)30-13-19-7-6-18(12-21(19)26(30)34)17-8-10-20(11-9-17)35-14-24(32)33/h3-12,15-16H,13-14H2,1-2H3,(H,32,33). The second-order valence-electron chi connectivity index (χ2n) is 8.51. The summed E-state index contributed by atoms with van der Waals surface area (Å²) in [6, 6.07) is 18.6. The molecule has 4 aromatic rings. The molecule has 2 aromatic heterocycles. The van der Waals surface area contributed by atoms with Crippen molar-refractivity contribution in [1.82, 2.24) is 19.7 Å². The Morgan fingerprint density at radius 1 is 1.09 bits per heavy atom. The van der Waals surface area contributed by atoms with Crippen LogP contribution in [0.3, 0.4) is 0 Å². The van der Waals surface area contributed by atoms with Crippen LogP contribution in [0.2, 0.25) is 0 Å². The van der Waals surface area contributed by atoms with E-state index in [1.807, 2.05) is 66.9 Å². The van der Waals surface area contributed by atoms with Crippen LogP contribution in [-0.4, -0.2) is 43.3 Å². The number of hydrogen-bond acceptors (Lipinski definition) is 6. The quantitative estimate of drug-likeness (QED) is 0.432. The molecule has 0 bridgehead atoms. The average Bonchev–Trinajstić information content (AvgIpc) is 3.48. The number of anilines is 1. The first-order valence-corrected chi connectivity index (χ1v) is 11.2. The lowest BCUT2D eigenvalue weighted by Crippen LogP contribution is -2.24. The van der Waals surface area contributed by atoms with Crippen LogP contribution in [-0.2, 0) is 11.3 Å². The summed E-state index contributed by atoms with van der Waals surface area (Å²) in [7, 11) is 0. The zero-order valence-electron chi connectivity index (χ0n) is 19.3. The van der Waals surface area contributed by atoms with E-state index in [4.69, 9.17) is 14.8 Å². The van der Waals surface area contributed by atoms with Gasteiger partial charge in [-0.1, -0.05) is 30.3 Å². The van der Waals surface area contributed by atoms with Crippen LogP contribution in [0, 0.1) is 0 Å². The topological polar surface area (TPSA) is 110 Å². The molecule has 0 unspecified atom stereocenters. The predicted octanol–water partition coefficient (Wildman–Crippen LogP) is 4.21. The number of carboxylic acids is 1. The van der Waals surface area contributed by atoms with Gasteiger partial charge in [-0.05, 0) is 60.9 Å². The number of hydrogen-bond donors (Lipinski definition) is 1. The Morgan fingerprint density at radius 2 is 1.86 bits per heavy atom. The number of carbonyl (C=O) groups is 2. The van der Waals surface area contributed by atoms with Crippen LogP contribution < -0.4 is 9.64 Å². The van der Waals surface area contributed by atoms with Crippen LogP contribution in [0.5, 0.6) is 5.75 Å². The van der Waals surface area contributed by atoms with E-state index >= 15 is 0 Å². The third-order valence-corrected chi connectivity index (χ3v) is 5.83. The van der Waals surface area contributed by atoms with E-state index in [2.05, 4.69) is 10.2 Å². The zero-order chi connectivity index (χ0) is 24.5. The molecular formula is C26H23N5O4. The molecule has 9 heteroatoms. The van der Waals surface area contributed by atoms with Gasteiger partial charge in [-0.25, -0.2) is 9.78 Å². The van der Waals surface area contributed by atoms with Crippen molar-refractivity contribution < 1.29 is 19.4 Å². The van der Waals surface area contributed by atoms with Gasteiger partial charge in [-0.15, -0.1) is 10.2 Å². The van der Waals surface area contributed by atoms with Crippen molar-refractivity contribution in [2.45, 2.75) is 26.4 Å². The molecule has 0 aliphatic carbocycles. The van der Waals surface area contributed by atoms with E-state index in [0.717, 1.165) is 16.7 Å². The van der Waals surface area contributed by atoms with Crippen molar-refractivity contribution in [3.63, 3.8) is 0 Å². The molecule has 0 fully saturated rings. The van der Waals surface area contributed by atoms with Gasteiger partial charge in [0.25, 0.3) is 5.91 Å². The summed E-state index contributed by atoms with van der Waals surface area (Å²) >= 11 is 0. The maximum atomic E-state index is 13.3. The number of aromatic nitrogens is 4. The smallest absolute Gasteiger partial charge is 0.341 e. The highest BCUT2D eigenvalue weighted by Gasteiger charge is 2.30. The Morgan fingerprint density at radius 3 is 2.60 bits per heavy atom. The second kappa shape index (κ2) is 9.02. The molecule has 5 rings (SSSR count). The summed E-state index contributed by atoms with van der Waals surface area (Å²) in [4.78, 5) is 30.4. The van der Waals surface area contributed by atoms with E-state index in [1.165, 1.54) is 0 Å². The minimum absolute atomic E-state index is 0.113. The Labute approximate surface area is 201 Å². The van der Waals surface area contributed by atoms with E-state index in [9.17, 15) is 9.59 Å². The Kier molecular flexibility index (Phi) is 5.74. The Balaban J connectivity index is 1.39. The minimum Gasteiger partial charge on any atom is -0.482 e. The third-order valence-electron chi connectivity index (χ3n) is 5.83. The molecule has 1 aliphatic rings. The minimum atomic E-state index is -1.03. The molecule has 0 saturated carbocycles. The lowest BCUT2D eigenvalue weighted by Gasteiger charge is -2.16. The van der Waals surface area contributed by atoms with Crippen molar-refractivity contribution in [3.8, 4) is 28.4 Å². The molecule has 35 heavy (non-hydrogen) atoms. The number of rotatable bonds is 7. The van der Waals surface area contributed by atoms with Crippen LogP contribution in [0.4, 0.5) is 5.82 Å². The maximum Gasteiger partial charge on any atom is 0.341 e. The summed E-state index contributed by atoms with van der Waals surface area (Å²) in [6.45, 7) is 4.13. The van der Waals surface area contributed by atoms with Crippen LogP contribution in [0.15, 0.2) is 67.0 Å². The van der Waals surface area contributed by atoms with Gasteiger partial charge in [0.05, 0.1) is 6.54 Å². The van der Waals surface area contributed by atoms with E-state index in [-0.39, 0.29) is 11.9 Å². The Hall–Kier alpha value is -4.53. The van der Waals surface area contributed by atoms with Gasteiger partial charge < -0.3 is 14.4 Å². The SMILES string of the molecule is CC(C)n1cnnc1-c1cccc(N2Cc3ccc(-c4ccc(OCC(=O)O)cc4)cc3C2=O)n1. The van der Waals surface area contributed by atoms with Crippen molar-refractivity contribution in [1.29, 1.82) is 0 Å². The highest BCUT2D eigenvalue weighted by molar-refractivity contribution is 6.10. The van der Waals surface area contributed by atoms with Crippen LogP contribution in [0.1, 0.15) is 35.8 Å². The van der Waals surface area contributed by atoms with Crippen molar-refractivity contribution in [2.75, 3.05) is 11.5 Å². The number of ether oxygens (including phenoxy) is 1. The monoisotopic (exact) mass is 469 g/mol. The first-order chi connectivity index (χ1) is 16.9. The summed E-state index contributed by atoms with van der Waals surface area (Å²) in [5, 5.41) is 17.0. The summed E-state index contributed by atoms with van der Waals surface area (Å²) < 4.78 is 7.13. The number of carbonyl (C=O) groups excluding carboxylic acids is 1. The molecule has 176 valence electrons. The summed E-state index contributed by atoms with van der Waals surface area (Å²) in [5.41, 5.74) is 4.00. The van der Waals surface area contributed by atoms with Crippen LogP contribution in [0.25, 0.3) is 22.6 Å². The fraction of sp³-hybridized carbons (Fsp3) is 0.192. The molecule has 0 atom stereocenters. The molecule has 0 radical (unpaired) electrons. The molecule has 3 heterocycles. The first kappa shape index (κ1) is 22.3. The highest BCUT2D eigenvalue weighted by Crippen LogP contribution is 2.32. The number of carboxylic acid groups (broad SMARTS) is 1. The molecule has 1 aliphatic heterocycles. The lowest BCUT2D eigenvalue weighted by molar-refractivity contribution is -0.139. The Bertz CT molecular complexity index is 1410. The number of amides is 1. The van der Waals surface area contributed by atoms with Crippen molar-refractivity contribution in [3.05, 3.63) is 78.1 Å². The molecule has 0 saturated heterocycles. The lowest BCUT2D eigenvalue weighted by atomic mass is 10.0. The summed E-state index contributed by atoms with van der Waals surface area (Å²) in [6.07, 6.45) is 1.68. The molecule has 0 spiro atoms. The number of fused-ring (bicyclic) bond motifs is 1. The van der Waals surface area contributed by atoms with Crippen molar-refractivity contribution >= 4 is 17.7 Å². The molecule has 1 N–H and O–H groups in total. The van der Waals surface area contributed by atoms with Crippen LogP contribution >= 0.6 is 0 Å². The van der Waals surface area contributed by atoms with E-state index in [0.29, 0.717) is 35.2 Å². The van der Waals surface area contributed by atoms with Gasteiger partial charge in [-0.2, -0.15) is 0 Å². The zero-order valence-corrected chi connectivity index (χ0v) is 19.3. The maximum absolute atomic E-state index is 13.3. The fourth-order valence-corrected chi connectivity index (χ4v) is 4.06. The number of aliphatic carboxylic acids is 1. The van der Waals surface area contributed by atoms with Gasteiger partial charge in [0.15, 0.2) is 12.4 Å². The predicted molar refractivity (Wildman–Crippen MR) is 129 cm³/mol. The largest absolute Gasteiger partial charge is 0.482 e. The molecule has 1 amide bonds. The average molecular weight is 470 g/mol. The van der Waals surface area contributed by atoms with Gasteiger partial charge >= 0.3 is 5.97 Å². The first-order valence-electron chi connectivity index (χ1n) is 11.2. The number of nitrogens with zero attached hydrogens (tertiary/aromatic N) is 5. The summed E-state index contributed by atoms with van der Waals surface area (Å²) in [5.74, 6) is 0.544. The third kappa shape index (κ3) is 4.35. The normalized spacial score (nSPS) is 12.8. The van der Waals surface area contributed by atoms with Gasteiger partial charge in [0, 0.05) is 11.6 Å². The molecule has 9 nitrogen and oxygen atoms in total. The molecule has 2 aromatic carbocycles. The second-order valence-corrected chi connectivity index (χ2v) is 8.51. The number of pyridine rings is 1.